The maximum atomic E-state index is 12.8. The molecule has 0 N–H and O–H groups in total. The zero-order valence-corrected chi connectivity index (χ0v) is 19.8. The first kappa shape index (κ1) is 24.2. The van der Waals surface area contributed by atoms with Gasteiger partial charge in [-0.05, 0) is 48.5 Å². The highest BCUT2D eigenvalue weighted by molar-refractivity contribution is 6.07. The van der Waals surface area contributed by atoms with Crippen LogP contribution in [-0.2, 0) is 9.47 Å². The van der Waals surface area contributed by atoms with Crippen molar-refractivity contribution < 1.29 is 33.3 Å². The highest BCUT2D eigenvalue weighted by Crippen LogP contribution is 2.31. The first-order chi connectivity index (χ1) is 17.5. The Morgan fingerprint density at radius 3 is 2.06 bits per heavy atom. The molecule has 0 atom stereocenters. The molecule has 0 radical (unpaired) electrons. The predicted octanol–water partition coefficient (Wildman–Crippen LogP) is 4.34. The van der Waals surface area contributed by atoms with Gasteiger partial charge in [-0.2, -0.15) is 5.10 Å². The second kappa shape index (κ2) is 10.6. The average Bonchev–Trinajstić information content (AvgIpc) is 3.33. The minimum Gasteiger partial charge on any atom is -0.497 e. The Hall–Kier alpha value is -4.92. The molecule has 0 bridgehead atoms. The third-order valence-corrected chi connectivity index (χ3v) is 5.30. The zero-order valence-electron chi connectivity index (χ0n) is 19.8. The quantitative estimate of drug-likeness (QED) is 0.281. The second-order valence-corrected chi connectivity index (χ2v) is 7.45. The van der Waals surface area contributed by atoms with E-state index in [1.54, 1.807) is 72.8 Å². The van der Waals surface area contributed by atoms with Crippen molar-refractivity contribution in [1.82, 2.24) is 9.78 Å². The number of hydrogen-bond acceptors (Lipinski definition) is 8. The summed E-state index contributed by atoms with van der Waals surface area (Å²) in [6.07, 6.45) is 0. The molecule has 3 aromatic carbocycles. The summed E-state index contributed by atoms with van der Waals surface area (Å²) in [4.78, 5) is 38.2. The fourth-order valence-electron chi connectivity index (χ4n) is 3.56. The zero-order chi connectivity index (χ0) is 25.7. The van der Waals surface area contributed by atoms with Gasteiger partial charge < -0.3 is 18.9 Å². The molecular formula is C27H22N2O7. The lowest BCUT2D eigenvalue weighted by atomic mass is 10.1. The Kier molecular flexibility index (Phi) is 7.10. The van der Waals surface area contributed by atoms with Crippen LogP contribution in [0.2, 0.25) is 0 Å². The van der Waals surface area contributed by atoms with E-state index in [0.29, 0.717) is 22.6 Å². The molecule has 1 aromatic heterocycles. The lowest BCUT2D eigenvalue weighted by Gasteiger charge is -2.08. The minimum atomic E-state index is -0.770. The summed E-state index contributed by atoms with van der Waals surface area (Å²) in [6, 6.07) is 21.8. The third-order valence-electron chi connectivity index (χ3n) is 5.30. The van der Waals surface area contributed by atoms with Crippen molar-refractivity contribution in [2.24, 2.45) is 0 Å². The van der Waals surface area contributed by atoms with Crippen LogP contribution in [-0.4, -0.2) is 49.0 Å². The number of rotatable bonds is 7. The molecule has 0 amide bonds. The molecule has 1 heterocycles. The molecule has 9 heteroatoms. The second-order valence-electron chi connectivity index (χ2n) is 7.45. The maximum Gasteiger partial charge on any atom is 0.357 e. The van der Waals surface area contributed by atoms with Crippen LogP contribution < -0.4 is 9.47 Å². The van der Waals surface area contributed by atoms with Crippen molar-refractivity contribution in [3.63, 3.8) is 0 Å². The number of carbonyl (C=O) groups excluding carboxylic acids is 3. The van der Waals surface area contributed by atoms with Gasteiger partial charge in [0.25, 0.3) is 0 Å². The SMILES string of the molecule is COC(=O)c1c(-c2cccc(OC(=O)c3ccc(OC)cc3)c2)nn(-c2ccccc2)c1C(=O)OC. The van der Waals surface area contributed by atoms with Gasteiger partial charge in [-0.25, -0.2) is 19.1 Å². The number of methoxy groups -OCH3 is 3. The van der Waals surface area contributed by atoms with Crippen LogP contribution in [0.3, 0.4) is 0 Å². The summed E-state index contributed by atoms with van der Waals surface area (Å²) in [5.74, 6) is -1.28. The number of para-hydroxylation sites is 1. The molecule has 0 aliphatic carbocycles. The van der Waals surface area contributed by atoms with Crippen molar-refractivity contribution in [2.75, 3.05) is 21.3 Å². The number of ether oxygens (including phenoxy) is 4. The molecule has 0 saturated heterocycles. The molecule has 0 fully saturated rings. The number of carbonyl (C=O) groups is 3. The molecule has 0 aliphatic heterocycles. The van der Waals surface area contributed by atoms with E-state index in [1.807, 2.05) is 6.07 Å². The highest BCUT2D eigenvalue weighted by Gasteiger charge is 2.31. The summed E-state index contributed by atoms with van der Waals surface area (Å²) < 4.78 is 21.9. The average molecular weight is 486 g/mol. The number of esters is 3. The summed E-state index contributed by atoms with van der Waals surface area (Å²) in [5.41, 5.74) is 1.29. The Bertz CT molecular complexity index is 1410. The summed E-state index contributed by atoms with van der Waals surface area (Å²) >= 11 is 0. The van der Waals surface area contributed by atoms with Crippen molar-refractivity contribution in [3.05, 3.63) is 95.7 Å². The highest BCUT2D eigenvalue weighted by atomic mass is 16.5. The predicted molar refractivity (Wildman–Crippen MR) is 130 cm³/mol. The maximum absolute atomic E-state index is 12.8. The van der Waals surface area contributed by atoms with Gasteiger partial charge in [-0.3, -0.25) is 0 Å². The number of aromatic nitrogens is 2. The first-order valence-electron chi connectivity index (χ1n) is 10.8. The van der Waals surface area contributed by atoms with E-state index in [1.165, 1.54) is 26.0 Å². The summed E-state index contributed by atoms with van der Waals surface area (Å²) in [7, 11) is 3.96. The Morgan fingerprint density at radius 1 is 0.722 bits per heavy atom. The van der Waals surface area contributed by atoms with Gasteiger partial charge in [-0.15, -0.1) is 0 Å². The lowest BCUT2D eigenvalue weighted by Crippen LogP contribution is -2.15. The number of benzene rings is 3. The van der Waals surface area contributed by atoms with E-state index in [0.717, 1.165) is 0 Å². The fourth-order valence-corrected chi connectivity index (χ4v) is 3.56. The van der Waals surface area contributed by atoms with E-state index in [9.17, 15) is 14.4 Å². The first-order valence-corrected chi connectivity index (χ1v) is 10.8. The molecule has 9 nitrogen and oxygen atoms in total. The van der Waals surface area contributed by atoms with E-state index in [2.05, 4.69) is 5.10 Å². The molecule has 182 valence electrons. The summed E-state index contributed by atoms with van der Waals surface area (Å²) in [6.45, 7) is 0. The molecule has 4 aromatic rings. The van der Waals surface area contributed by atoms with Gasteiger partial charge in [0.2, 0.25) is 0 Å². The lowest BCUT2D eigenvalue weighted by molar-refractivity contribution is 0.0549. The van der Waals surface area contributed by atoms with Crippen LogP contribution in [0.5, 0.6) is 11.5 Å². The van der Waals surface area contributed by atoms with E-state index < -0.39 is 17.9 Å². The number of nitrogens with zero attached hydrogens (tertiary/aromatic N) is 2. The standard InChI is InChI=1S/C27H22N2O7/c1-33-20-14-12-17(13-15-20)25(30)36-21-11-7-8-18(16-21)23-22(26(31)34-2)24(27(32)35-3)29(28-23)19-9-5-4-6-10-19/h4-16H,1-3H3. The summed E-state index contributed by atoms with van der Waals surface area (Å²) in [5, 5.41) is 4.55. The topological polar surface area (TPSA) is 106 Å². The normalized spacial score (nSPS) is 10.4. The van der Waals surface area contributed by atoms with Crippen LogP contribution in [0.1, 0.15) is 31.2 Å². The van der Waals surface area contributed by atoms with Gasteiger partial charge in [0, 0.05) is 5.56 Å². The van der Waals surface area contributed by atoms with E-state index in [-0.39, 0.29) is 22.7 Å². The van der Waals surface area contributed by atoms with Crippen LogP contribution >= 0.6 is 0 Å². The third kappa shape index (κ3) is 4.80. The van der Waals surface area contributed by atoms with Crippen molar-refractivity contribution in [3.8, 4) is 28.4 Å². The molecule has 0 unspecified atom stereocenters. The molecule has 36 heavy (non-hydrogen) atoms. The Labute approximate surface area is 206 Å². The Morgan fingerprint density at radius 2 is 1.42 bits per heavy atom. The van der Waals surface area contributed by atoms with Gasteiger partial charge in [0.1, 0.15) is 22.8 Å². The molecule has 0 saturated carbocycles. The van der Waals surface area contributed by atoms with Gasteiger partial charge >= 0.3 is 17.9 Å². The molecule has 4 rings (SSSR count). The smallest absolute Gasteiger partial charge is 0.357 e. The van der Waals surface area contributed by atoms with Crippen LogP contribution in [0.15, 0.2) is 78.9 Å². The van der Waals surface area contributed by atoms with Gasteiger partial charge in [0.15, 0.2) is 5.69 Å². The van der Waals surface area contributed by atoms with Crippen LogP contribution in [0.4, 0.5) is 0 Å². The fraction of sp³-hybridized carbons (Fsp3) is 0.111. The van der Waals surface area contributed by atoms with Crippen molar-refractivity contribution >= 4 is 17.9 Å². The Balaban J connectivity index is 1.78. The monoisotopic (exact) mass is 486 g/mol. The minimum absolute atomic E-state index is 0.0770. The van der Waals surface area contributed by atoms with Crippen LogP contribution in [0.25, 0.3) is 16.9 Å². The van der Waals surface area contributed by atoms with E-state index >= 15 is 0 Å². The van der Waals surface area contributed by atoms with Gasteiger partial charge in [-0.1, -0.05) is 30.3 Å². The van der Waals surface area contributed by atoms with Gasteiger partial charge in [0.05, 0.1) is 32.6 Å². The molecule has 0 aliphatic rings. The van der Waals surface area contributed by atoms with Crippen molar-refractivity contribution in [1.29, 1.82) is 0 Å². The largest absolute Gasteiger partial charge is 0.497 e. The number of hydrogen-bond donors (Lipinski definition) is 0. The molecular weight excluding hydrogens is 464 g/mol. The molecule has 0 spiro atoms. The van der Waals surface area contributed by atoms with Crippen molar-refractivity contribution in [2.45, 2.75) is 0 Å². The van der Waals surface area contributed by atoms with E-state index in [4.69, 9.17) is 18.9 Å². The van der Waals surface area contributed by atoms with Crippen LogP contribution in [0, 0.1) is 0 Å².